The van der Waals surface area contributed by atoms with Crippen molar-refractivity contribution in [1.29, 1.82) is 0 Å². The predicted molar refractivity (Wildman–Crippen MR) is 42.9 cm³/mol. The molecule has 0 saturated heterocycles. The lowest BCUT2D eigenvalue weighted by Gasteiger charge is -2.25. The fourth-order valence-electron chi connectivity index (χ4n) is 0.784. The Bertz CT molecular complexity index is 189. The van der Waals surface area contributed by atoms with Gasteiger partial charge in [0.2, 0.25) is 0 Å². The Balaban J connectivity index is 2.85. The number of furan rings is 1. The van der Waals surface area contributed by atoms with Crippen LogP contribution in [0.4, 0.5) is 5.69 Å². The summed E-state index contributed by atoms with van der Waals surface area (Å²) in [6.45, 7) is 3.24. The fraction of sp³-hybridized carbons (Fsp3) is 0.500. The van der Waals surface area contributed by atoms with E-state index in [1.54, 1.807) is 12.5 Å². The highest BCUT2D eigenvalue weighted by molar-refractivity contribution is 5.36. The Morgan fingerprint density at radius 2 is 2.20 bits per heavy atom. The van der Waals surface area contributed by atoms with Gasteiger partial charge in [0.05, 0.1) is 26.9 Å². The minimum absolute atomic E-state index is 0.885. The molecule has 0 amide bonds. The van der Waals surface area contributed by atoms with Gasteiger partial charge in [-0.2, -0.15) is 0 Å². The van der Waals surface area contributed by atoms with E-state index in [-0.39, 0.29) is 0 Å². The molecule has 0 spiro atoms. The molecule has 2 heteroatoms. The molecule has 0 radical (unpaired) electrons. The monoisotopic (exact) mass is 140 g/mol. The summed E-state index contributed by atoms with van der Waals surface area (Å²) in [4.78, 5) is 0. The van der Waals surface area contributed by atoms with Crippen molar-refractivity contribution in [2.75, 3.05) is 20.6 Å². The maximum atomic E-state index is 4.99. The zero-order valence-corrected chi connectivity index (χ0v) is 6.79. The van der Waals surface area contributed by atoms with Crippen molar-refractivity contribution < 1.29 is 4.42 Å². The van der Waals surface area contributed by atoms with Crippen molar-refractivity contribution >= 4 is 5.69 Å². The van der Waals surface area contributed by atoms with Crippen LogP contribution in [0.2, 0.25) is 0 Å². The van der Waals surface area contributed by atoms with Gasteiger partial charge in [-0.05, 0) is 6.92 Å². The van der Waals surface area contributed by atoms with Crippen molar-refractivity contribution in [1.82, 2.24) is 4.48 Å². The fourth-order valence-corrected chi connectivity index (χ4v) is 0.784. The van der Waals surface area contributed by atoms with E-state index in [1.165, 1.54) is 5.69 Å². The third-order valence-corrected chi connectivity index (χ3v) is 2.00. The summed E-state index contributed by atoms with van der Waals surface area (Å²) in [6.07, 6.45) is 3.51. The van der Waals surface area contributed by atoms with Crippen molar-refractivity contribution in [3.8, 4) is 0 Å². The maximum absolute atomic E-state index is 4.99. The summed E-state index contributed by atoms with van der Waals surface area (Å²) in [7, 11) is 4.32. The molecule has 0 saturated carbocycles. The van der Waals surface area contributed by atoms with Gasteiger partial charge in [-0.3, -0.25) is 4.48 Å². The van der Waals surface area contributed by atoms with Crippen LogP contribution in [0.25, 0.3) is 0 Å². The van der Waals surface area contributed by atoms with Crippen LogP contribution in [-0.4, -0.2) is 20.6 Å². The van der Waals surface area contributed by atoms with Crippen LogP contribution in [0.15, 0.2) is 23.0 Å². The molecule has 0 aromatic carbocycles. The number of quaternary nitrogens is 1. The van der Waals surface area contributed by atoms with E-state index in [4.69, 9.17) is 4.42 Å². The van der Waals surface area contributed by atoms with E-state index in [0.717, 1.165) is 11.0 Å². The topological polar surface area (TPSA) is 13.1 Å². The lowest BCUT2D eigenvalue weighted by atomic mass is 10.4. The highest BCUT2D eigenvalue weighted by Gasteiger charge is 2.16. The van der Waals surface area contributed by atoms with Crippen molar-refractivity contribution in [2.24, 2.45) is 0 Å². The zero-order chi connectivity index (χ0) is 7.61. The smallest absolute Gasteiger partial charge is 0.170 e. The first-order valence-corrected chi connectivity index (χ1v) is 3.52. The second-order valence-electron chi connectivity index (χ2n) is 2.98. The normalized spacial score (nSPS) is 11.9. The summed E-state index contributed by atoms with van der Waals surface area (Å²) in [5.74, 6) is 0. The Morgan fingerprint density at radius 3 is 2.60 bits per heavy atom. The molecule has 1 aromatic heterocycles. The number of rotatable bonds is 2. The van der Waals surface area contributed by atoms with E-state index >= 15 is 0 Å². The van der Waals surface area contributed by atoms with E-state index < -0.39 is 0 Å². The molecule has 0 atom stereocenters. The van der Waals surface area contributed by atoms with Crippen LogP contribution in [0.1, 0.15) is 6.92 Å². The minimum Gasteiger partial charge on any atom is -0.466 e. The molecule has 1 heterocycles. The van der Waals surface area contributed by atoms with Crippen molar-refractivity contribution in [3.63, 3.8) is 0 Å². The Morgan fingerprint density at radius 1 is 1.50 bits per heavy atom. The van der Waals surface area contributed by atoms with Gasteiger partial charge in [-0.15, -0.1) is 0 Å². The lowest BCUT2D eigenvalue weighted by Crippen LogP contribution is -2.39. The minimum atomic E-state index is 0.885. The van der Waals surface area contributed by atoms with Crippen LogP contribution >= 0.6 is 0 Å². The van der Waals surface area contributed by atoms with Crippen LogP contribution in [0.5, 0.6) is 0 Å². The molecular weight excluding hydrogens is 126 g/mol. The summed E-state index contributed by atoms with van der Waals surface area (Å²) in [6, 6.07) is 2.00. The van der Waals surface area contributed by atoms with Gasteiger partial charge in [0.25, 0.3) is 0 Å². The average Bonchev–Trinajstić information content (AvgIpc) is 2.38. The number of hydrogen-bond donors (Lipinski definition) is 0. The van der Waals surface area contributed by atoms with Crippen molar-refractivity contribution in [3.05, 3.63) is 18.6 Å². The van der Waals surface area contributed by atoms with E-state index in [0.29, 0.717) is 0 Å². The van der Waals surface area contributed by atoms with E-state index in [2.05, 4.69) is 21.0 Å². The number of nitrogens with zero attached hydrogens (tertiary/aromatic N) is 1. The quantitative estimate of drug-likeness (QED) is 0.571. The summed E-state index contributed by atoms with van der Waals surface area (Å²) < 4.78 is 5.87. The van der Waals surface area contributed by atoms with Gasteiger partial charge in [0.15, 0.2) is 12.0 Å². The van der Waals surface area contributed by atoms with Gasteiger partial charge in [-0.25, -0.2) is 0 Å². The summed E-state index contributed by atoms with van der Waals surface area (Å²) in [5, 5.41) is 0. The Kier molecular flexibility index (Phi) is 1.81. The SMILES string of the molecule is CC[N+](C)(C)c1ccoc1. The molecule has 1 aromatic rings. The first kappa shape index (κ1) is 7.35. The largest absolute Gasteiger partial charge is 0.466 e. The Labute approximate surface area is 61.7 Å². The molecule has 0 aliphatic heterocycles. The molecule has 0 aliphatic carbocycles. The summed E-state index contributed by atoms with van der Waals surface area (Å²) >= 11 is 0. The van der Waals surface area contributed by atoms with Gasteiger partial charge in [-0.1, -0.05) is 0 Å². The second kappa shape index (κ2) is 2.46. The first-order valence-electron chi connectivity index (χ1n) is 3.52. The molecule has 0 N–H and O–H groups in total. The predicted octanol–water partition coefficient (Wildman–Crippen LogP) is 1.87. The zero-order valence-electron chi connectivity index (χ0n) is 6.79. The van der Waals surface area contributed by atoms with Crippen LogP contribution < -0.4 is 4.48 Å². The third kappa shape index (κ3) is 1.21. The van der Waals surface area contributed by atoms with Gasteiger partial charge < -0.3 is 4.42 Å². The molecule has 56 valence electrons. The highest BCUT2D eigenvalue weighted by Crippen LogP contribution is 2.17. The van der Waals surface area contributed by atoms with Crippen LogP contribution in [-0.2, 0) is 0 Å². The van der Waals surface area contributed by atoms with Gasteiger partial charge >= 0.3 is 0 Å². The van der Waals surface area contributed by atoms with Crippen LogP contribution in [0.3, 0.4) is 0 Å². The summed E-state index contributed by atoms with van der Waals surface area (Å²) in [5.41, 5.74) is 1.22. The molecule has 1 rings (SSSR count). The van der Waals surface area contributed by atoms with E-state index in [1.807, 2.05) is 6.07 Å². The average molecular weight is 140 g/mol. The molecule has 0 fully saturated rings. The first-order chi connectivity index (χ1) is 4.67. The molecule has 0 aliphatic rings. The second-order valence-corrected chi connectivity index (χ2v) is 2.98. The lowest BCUT2D eigenvalue weighted by molar-refractivity contribution is 0.415. The maximum Gasteiger partial charge on any atom is 0.170 e. The standard InChI is InChI=1S/C8H14NO/c1-4-9(2,3)8-5-6-10-7-8/h5-7H,4H2,1-3H3/q+1. The highest BCUT2D eigenvalue weighted by atomic mass is 16.3. The third-order valence-electron chi connectivity index (χ3n) is 2.00. The van der Waals surface area contributed by atoms with Gasteiger partial charge in [0, 0.05) is 6.07 Å². The number of hydrogen-bond acceptors (Lipinski definition) is 1. The molecule has 10 heavy (non-hydrogen) atoms. The molecule has 0 unspecified atom stereocenters. The molecule has 2 nitrogen and oxygen atoms in total. The van der Waals surface area contributed by atoms with E-state index in [9.17, 15) is 0 Å². The van der Waals surface area contributed by atoms with Gasteiger partial charge in [0.1, 0.15) is 0 Å². The molecular formula is C8H14NO+. The van der Waals surface area contributed by atoms with Crippen LogP contribution in [0, 0.1) is 0 Å². The Hall–Kier alpha value is -0.760. The van der Waals surface area contributed by atoms with Crippen molar-refractivity contribution in [2.45, 2.75) is 6.92 Å². The molecule has 0 bridgehead atoms.